The van der Waals surface area contributed by atoms with E-state index in [1.807, 2.05) is 71.9 Å². The van der Waals surface area contributed by atoms with Crippen LogP contribution in [0.2, 0.25) is 0 Å². The van der Waals surface area contributed by atoms with Gasteiger partial charge in [0.1, 0.15) is 42.6 Å². The zero-order chi connectivity index (χ0) is 37.8. The van der Waals surface area contributed by atoms with Crippen LogP contribution >= 0.6 is 0 Å². The van der Waals surface area contributed by atoms with Crippen molar-refractivity contribution in [1.29, 1.82) is 0 Å². The zero-order valence-corrected chi connectivity index (χ0v) is 36.5. The van der Waals surface area contributed by atoms with Crippen LogP contribution < -0.4 is 64.0 Å². The van der Waals surface area contributed by atoms with Crippen LogP contribution in [0.3, 0.4) is 0 Å². The molecule has 0 saturated heterocycles. The van der Waals surface area contributed by atoms with Crippen LogP contribution in [0.25, 0.3) is 5.57 Å². The summed E-state index contributed by atoms with van der Waals surface area (Å²) in [5.41, 5.74) is 4.98. The third-order valence-electron chi connectivity index (χ3n) is 8.44. The van der Waals surface area contributed by atoms with Crippen molar-refractivity contribution in [1.82, 2.24) is 0 Å². The second kappa shape index (κ2) is 18.8. The Morgan fingerprint density at radius 1 is 0.667 bits per heavy atom. The predicted molar refractivity (Wildman–Crippen MR) is 192 cm³/mol. The van der Waals surface area contributed by atoms with Gasteiger partial charge in [0.25, 0.3) is 0 Å². The molecule has 0 heterocycles. The largest absolute Gasteiger partial charge is 1.00 e. The summed E-state index contributed by atoms with van der Waals surface area (Å²) in [5.74, 6) is -0.677. The van der Waals surface area contributed by atoms with Crippen LogP contribution in [0.4, 0.5) is 5.69 Å². The van der Waals surface area contributed by atoms with Gasteiger partial charge in [-0.05, 0) is 102 Å². The smallest absolute Gasteiger partial charge is 0.744 e. The minimum Gasteiger partial charge on any atom is -0.744 e. The summed E-state index contributed by atoms with van der Waals surface area (Å²) < 4.78 is 107. The number of nitrogens with zero attached hydrogens (tertiary/aromatic N) is 2. The molecule has 0 saturated carbocycles. The molecule has 0 atom stereocenters. The first-order chi connectivity index (χ1) is 24.5. The second-order valence-electron chi connectivity index (χ2n) is 11.8. The Labute approximate surface area is 360 Å². The van der Waals surface area contributed by atoms with Crippen molar-refractivity contribution in [2.45, 2.75) is 41.6 Å². The van der Waals surface area contributed by atoms with Gasteiger partial charge in [-0.3, -0.25) is 0 Å². The topological polar surface area (TPSA) is 198 Å². The fraction of sp³-hybridized carbons (Fsp3) is 0.162. The van der Waals surface area contributed by atoms with Crippen LogP contribution in [0.15, 0.2) is 136 Å². The predicted octanol–water partition coefficient (Wildman–Crippen LogP) is -1.26. The Bertz CT molecular complexity index is 2460. The average Bonchev–Trinajstić information content (AvgIpc) is 3.10. The van der Waals surface area contributed by atoms with Gasteiger partial charge in [-0.1, -0.05) is 42.5 Å². The van der Waals surface area contributed by atoms with Gasteiger partial charge in [0, 0.05) is 36.5 Å². The van der Waals surface area contributed by atoms with Crippen LogP contribution in [-0.2, 0) is 43.4 Å². The molecule has 0 bridgehead atoms. The Balaban J connectivity index is 0.00000392. The minimum absolute atomic E-state index is 0. The fourth-order valence-electron chi connectivity index (χ4n) is 5.86. The van der Waals surface area contributed by atoms with Crippen molar-refractivity contribution in [3.8, 4) is 5.75 Å². The number of allylic oxidation sites excluding steroid dienone is 5. The molecule has 54 heavy (non-hydrogen) atoms. The third-order valence-corrected chi connectivity index (χ3v) is 11.0. The van der Waals surface area contributed by atoms with Gasteiger partial charge in [0.05, 0.1) is 14.7 Å². The molecule has 1 aliphatic rings. The maximum absolute atomic E-state index is 12.0. The van der Waals surface area contributed by atoms with Crippen LogP contribution in [0.1, 0.15) is 36.1 Å². The van der Waals surface area contributed by atoms with E-state index < -0.39 is 41.0 Å². The van der Waals surface area contributed by atoms with E-state index in [1.165, 1.54) is 42.5 Å². The molecule has 4 aromatic carbocycles. The first kappa shape index (κ1) is 45.5. The second-order valence-corrected chi connectivity index (χ2v) is 15.9. The summed E-state index contributed by atoms with van der Waals surface area (Å²) >= 11 is 0. The van der Waals surface area contributed by atoms with Gasteiger partial charge in [-0.2, -0.15) is 0 Å². The number of hydrogen-bond donors (Lipinski definition) is 1. The molecule has 0 aliphatic heterocycles. The summed E-state index contributed by atoms with van der Waals surface area (Å²) in [6, 6.07) is 22.7. The number of rotatable bonds is 12. The summed E-state index contributed by atoms with van der Waals surface area (Å²) in [6.45, 7) is 5.55. The fourth-order valence-corrected chi connectivity index (χ4v) is 7.54. The molecule has 1 N–H and O–H groups in total. The van der Waals surface area contributed by atoms with Crippen molar-refractivity contribution in [3.63, 3.8) is 0 Å². The summed E-state index contributed by atoms with van der Waals surface area (Å²) in [7, 11) is -14.3. The van der Waals surface area contributed by atoms with Crippen molar-refractivity contribution in [2.75, 3.05) is 18.0 Å². The maximum Gasteiger partial charge on any atom is 1.00 e. The van der Waals surface area contributed by atoms with Crippen molar-refractivity contribution in [3.05, 3.63) is 143 Å². The first-order valence-corrected chi connectivity index (χ1v) is 20.2. The molecule has 0 amide bonds. The molecular weight excluding hydrogens is 775 g/mol. The molecule has 5 rings (SSSR count). The standard InChI is InChI=1S/C37H36N2O10S3.2Na/c1-3-38(24-26-7-5-9-33(21-26)50(41,42)43)31-16-11-28(12-17-31)37(30-15-20-35(40)36(23-30)52(47,48)49)29-13-18-32(19-14-29)39(4-2)25-27-8-6-10-34(22-27)51(44,45)46;;/h5-23H,3-4,24-25H2,1-2H3,(H3,41,42,43,44,45,46,47,48,49);;/q;2*+1/p-2. The molecule has 0 spiro atoms. The molecule has 0 fully saturated rings. The van der Waals surface area contributed by atoms with Crippen molar-refractivity contribution < 1.29 is 108 Å². The summed E-state index contributed by atoms with van der Waals surface area (Å²) in [6.07, 6.45) is 7.30. The number of anilines is 1. The van der Waals surface area contributed by atoms with Crippen molar-refractivity contribution >= 4 is 47.3 Å². The van der Waals surface area contributed by atoms with E-state index in [-0.39, 0.29) is 68.9 Å². The molecule has 272 valence electrons. The molecule has 17 heteroatoms. The Hall–Kier alpha value is -2.90. The Morgan fingerprint density at radius 3 is 1.72 bits per heavy atom. The van der Waals surface area contributed by atoms with Crippen LogP contribution in [0, 0.1) is 0 Å². The van der Waals surface area contributed by atoms with Gasteiger partial charge in [0.2, 0.25) is 0 Å². The van der Waals surface area contributed by atoms with Gasteiger partial charge in [0.15, 0.2) is 12.3 Å². The normalized spacial score (nSPS) is 12.8. The molecule has 4 aromatic rings. The third kappa shape index (κ3) is 11.3. The Morgan fingerprint density at radius 2 is 1.20 bits per heavy atom. The van der Waals surface area contributed by atoms with E-state index in [0.717, 1.165) is 23.5 Å². The monoisotopic (exact) mass is 808 g/mol. The molecule has 1 aliphatic carbocycles. The molecule has 0 aromatic heterocycles. The average molecular weight is 809 g/mol. The number of benzene rings is 4. The van der Waals surface area contributed by atoms with Gasteiger partial charge < -0.3 is 23.7 Å². The Kier molecular flexibility index (Phi) is 15.9. The van der Waals surface area contributed by atoms with Gasteiger partial charge in [-0.15, -0.1) is 0 Å². The van der Waals surface area contributed by atoms with Crippen molar-refractivity contribution in [2.24, 2.45) is 0 Å². The van der Waals surface area contributed by atoms with Crippen LogP contribution in [0.5, 0.6) is 5.75 Å². The van der Waals surface area contributed by atoms with E-state index >= 15 is 0 Å². The number of phenolic OH excluding ortho intramolecular Hbond substituents is 1. The maximum atomic E-state index is 12.0. The molecule has 0 unspecified atom stereocenters. The van der Waals surface area contributed by atoms with E-state index in [0.29, 0.717) is 59.6 Å². The van der Waals surface area contributed by atoms with Gasteiger partial charge >= 0.3 is 59.1 Å². The van der Waals surface area contributed by atoms with E-state index in [4.69, 9.17) is 0 Å². The molecular formula is C37H34N2Na2O10S3. The first-order valence-electron chi connectivity index (χ1n) is 15.9. The minimum atomic E-state index is -5.02. The number of aromatic hydroxyl groups is 1. The van der Waals surface area contributed by atoms with Crippen LogP contribution in [-0.4, -0.2) is 67.4 Å². The SMILES string of the molecule is CCN(Cc1cccc(S(=O)(=O)[O-])c1)c1ccc(C(=C2C=CC(=[N+](CC)Cc3cccc(S(=O)(=O)[O-])c3)C=C2)c2ccc(O)c(S(=O)(=O)[O-])c2)cc1.[Na+].[Na+]. The van der Waals surface area contributed by atoms with Gasteiger partial charge in [-0.25, -0.2) is 29.8 Å². The van der Waals surface area contributed by atoms with E-state index in [2.05, 4.69) is 0 Å². The molecule has 0 radical (unpaired) electrons. The summed E-state index contributed by atoms with van der Waals surface area (Å²) in [4.78, 5) is 0.565. The number of phenols is 1. The zero-order valence-electron chi connectivity index (χ0n) is 30.0. The molecule has 12 nitrogen and oxygen atoms in total. The van der Waals surface area contributed by atoms with E-state index in [9.17, 15) is 44.0 Å². The number of hydrogen-bond acceptors (Lipinski definition) is 11. The quantitative estimate of drug-likeness (QED) is 0.102. The van der Waals surface area contributed by atoms with E-state index in [1.54, 1.807) is 12.1 Å². The summed E-state index contributed by atoms with van der Waals surface area (Å²) in [5, 5.41) is 10.2.